The molecule has 2 unspecified atom stereocenters. The van der Waals surface area contributed by atoms with Crippen LogP contribution in [0.2, 0.25) is 0 Å². The first-order valence-corrected chi connectivity index (χ1v) is 21.9. The van der Waals surface area contributed by atoms with Crippen LogP contribution in [-0.2, 0) is 52.8 Å². The number of carboxylic acids is 6. The molecule has 3 rings (SSSR count). The van der Waals surface area contributed by atoms with Crippen LogP contribution in [0.25, 0.3) is 0 Å². The van der Waals surface area contributed by atoms with Crippen LogP contribution in [-0.4, -0.2) is 244 Å². The fraction of sp³-hybridized carbons (Fsp3) is 0.714. The number of rotatable bonds is 19. The summed E-state index contributed by atoms with van der Waals surface area (Å²) in [6.45, 7) is 2.84. The van der Waals surface area contributed by atoms with E-state index < -0.39 is 73.8 Å². The van der Waals surface area contributed by atoms with Crippen molar-refractivity contribution in [2.45, 2.75) is 50.6 Å². The molecule has 3 heterocycles. The van der Waals surface area contributed by atoms with Gasteiger partial charge in [-0.3, -0.25) is 62.9 Å². The molecule has 3 aliphatic heterocycles. The SMILES string of the molecule is CNC(=O)CCC(C(=O)O)N1CCN(CC(=O)O)CCN(CC(=O)O)CC1.FP(F)(F)(F)F.O=C(O)CN1CCN(CC(=O)O)CC[NH+](C(CCC(=O)ON2C(=O)CCC2=O)C(=O)O)CC1.[F-]. The topological polar surface area (TPSA) is 337 Å². The van der Waals surface area contributed by atoms with Crippen molar-refractivity contribution in [2.75, 3.05) is 112 Å². The number of nitrogens with one attached hydrogen (secondary N) is 2. The average Bonchev–Trinajstić information content (AvgIpc) is 3.56. The molecule has 25 nitrogen and oxygen atoms in total. The molecular formula is C35H57F6N8O17P. The van der Waals surface area contributed by atoms with E-state index in [2.05, 4.69) is 5.32 Å². The van der Waals surface area contributed by atoms with Crippen molar-refractivity contribution in [3.8, 4) is 0 Å². The molecule has 0 radical (unpaired) electrons. The van der Waals surface area contributed by atoms with E-state index in [0.717, 1.165) is 0 Å². The van der Waals surface area contributed by atoms with E-state index in [1.165, 1.54) is 7.05 Å². The first kappa shape index (κ1) is 61.7. The molecule has 3 saturated heterocycles. The summed E-state index contributed by atoms with van der Waals surface area (Å²) in [6, 6.07) is -1.96. The molecule has 0 aliphatic carbocycles. The minimum absolute atomic E-state index is 0. The number of halogens is 6. The van der Waals surface area contributed by atoms with Gasteiger partial charge in [0.25, 0.3) is 11.8 Å². The van der Waals surface area contributed by atoms with Crippen molar-refractivity contribution in [2.24, 2.45) is 0 Å². The van der Waals surface area contributed by atoms with E-state index in [4.69, 9.17) is 25.3 Å². The van der Waals surface area contributed by atoms with Gasteiger partial charge >= 0.3 is 70.9 Å². The van der Waals surface area contributed by atoms with Gasteiger partial charge in [-0.05, 0) is 6.42 Å². The molecular weight excluding hydrogens is 949 g/mol. The smallest absolute Gasteiger partial charge is 0.362 e. The van der Waals surface area contributed by atoms with Gasteiger partial charge < -0.3 is 50.4 Å². The number of imide groups is 1. The zero-order chi connectivity index (χ0) is 50.4. The number of quaternary nitrogens is 1. The molecule has 0 bridgehead atoms. The number of hydroxylamine groups is 2. The van der Waals surface area contributed by atoms with E-state index in [1.54, 1.807) is 24.5 Å². The summed E-state index contributed by atoms with van der Waals surface area (Å²) in [5, 5.41) is 58.5. The average molecular weight is 1010 g/mol. The first-order chi connectivity index (χ1) is 30.5. The fourth-order valence-electron chi connectivity index (χ4n) is 6.88. The minimum atomic E-state index is -8.55. The number of hydrogen-bond acceptors (Lipinski definition) is 16. The molecule has 8 N–H and O–H groups in total. The molecule has 3 amide bonds. The third-order valence-electron chi connectivity index (χ3n) is 10.1. The number of carboxylic acid groups (broad SMARTS) is 6. The number of carbonyl (C=O) groups is 10. The van der Waals surface area contributed by atoms with Crippen molar-refractivity contribution < 1.29 is 114 Å². The Morgan fingerprint density at radius 1 is 0.597 bits per heavy atom. The van der Waals surface area contributed by atoms with Gasteiger partial charge in [0.05, 0.1) is 45.7 Å². The molecule has 3 fully saturated rings. The van der Waals surface area contributed by atoms with Gasteiger partial charge in [-0.1, -0.05) is 0 Å². The maximum atomic E-state index is 12.1. The van der Waals surface area contributed by atoms with Crippen molar-refractivity contribution in [1.82, 2.24) is 34.9 Å². The first-order valence-electron chi connectivity index (χ1n) is 20.2. The summed E-state index contributed by atoms with van der Waals surface area (Å²) >= 11 is 0. The standard InChI is InChI=1S/C19H28N4O10.C16H28N4O7.F5P.FH/c24-14-2-3-15(25)23(14)33-18(30)4-1-13(19(31)32)22-9-7-20(11-16(26)27)5-6-21(8-10-22)12-17(28)29;1-17-13(21)3-2-12(16(26)27)20-8-6-18(10-14(22)23)4-5-19(7-9-20)11-15(24)25;1-6(2,3,4)5;/h13H,1-12H2,(H,26,27)(H,28,29)(H,31,32);12H,2-11H2,1H3,(H,17,21)(H,22,23)(H,24,25)(H,26,27);;1H. The van der Waals surface area contributed by atoms with Crippen LogP contribution in [0.15, 0.2) is 0 Å². The van der Waals surface area contributed by atoms with Gasteiger partial charge in [-0.25, -0.2) is 9.59 Å². The predicted octanol–water partition coefficient (Wildman–Crippen LogP) is -5.48. The second-order valence-corrected chi connectivity index (χ2v) is 16.3. The Balaban J connectivity index is 0.00000116. The summed E-state index contributed by atoms with van der Waals surface area (Å²) in [5.41, 5.74) is 0. The van der Waals surface area contributed by atoms with Crippen LogP contribution in [0.3, 0.4) is 0 Å². The number of nitrogens with zero attached hydrogens (tertiary/aromatic N) is 6. The maximum Gasteiger partial charge on any atom is 0.362 e. The summed E-state index contributed by atoms with van der Waals surface area (Å²) in [5.74, 6) is -8.78. The molecule has 0 saturated carbocycles. The molecule has 0 spiro atoms. The Bertz CT molecular complexity index is 1650. The second kappa shape index (κ2) is 29.4. The van der Waals surface area contributed by atoms with Crippen LogP contribution in [0.1, 0.15) is 38.5 Å². The minimum Gasteiger partial charge on any atom is -1.00 e. The molecule has 2 atom stereocenters. The number of hydrogen-bond donors (Lipinski definition) is 8. The normalized spacial score (nSPS) is 19.1. The quantitative estimate of drug-likeness (QED) is 0.0340. The largest absolute Gasteiger partial charge is 1.00 e. The van der Waals surface area contributed by atoms with Crippen LogP contribution >= 0.6 is 8.16 Å². The monoisotopic (exact) mass is 1010 g/mol. The Morgan fingerprint density at radius 3 is 1.28 bits per heavy atom. The molecule has 0 aromatic heterocycles. The van der Waals surface area contributed by atoms with Gasteiger partial charge in [0.15, 0.2) is 6.04 Å². The molecule has 67 heavy (non-hydrogen) atoms. The summed E-state index contributed by atoms with van der Waals surface area (Å²) in [7, 11) is -7.07. The van der Waals surface area contributed by atoms with Gasteiger partial charge in [-0.15, -0.1) is 5.06 Å². The molecule has 3 aliphatic rings. The van der Waals surface area contributed by atoms with Crippen molar-refractivity contribution >= 4 is 67.7 Å². The Morgan fingerprint density at radius 2 is 0.955 bits per heavy atom. The summed E-state index contributed by atoms with van der Waals surface area (Å²) in [6.07, 6.45) is -0.426. The fourth-order valence-corrected chi connectivity index (χ4v) is 6.88. The molecule has 32 heteroatoms. The third-order valence-corrected chi connectivity index (χ3v) is 10.1. The number of aliphatic carboxylic acids is 6. The van der Waals surface area contributed by atoms with Crippen molar-refractivity contribution in [1.29, 1.82) is 0 Å². The summed E-state index contributed by atoms with van der Waals surface area (Å²) in [4.78, 5) is 128. The van der Waals surface area contributed by atoms with Gasteiger partial charge in [0, 0.05) is 98.2 Å². The van der Waals surface area contributed by atoms with Crippen molar-refractivity contribution in [3.05, 3.63) is 0 Å². The van der Waals surface area contributed by atoms with E-state index in [0.29, 0.717) is 62.3 Å². The Hall–Kier alpha value is -5.33. The van der Waals surface area contributed by atoms with E-state index in [1.807, 2.05) is 0 Å². The Labute approximate surface area is 378 Å². The third kappa shape index (κ3) is 28.5. The predicted molar refractivity (Wildman–Crippen MR) is 214 cm³/mol. The molecule has 0 aromatic rings. The maximum absolute atomic E-state index is 12.1. The second-order valence-electron chi connectivity index (χ2n) is 15.1. The van der Waals surface area contributed by atoms with Crippen LogP contribution in [0.4, 0.5) is 21.0 Å². The van der Waals surface area contributed by atoms with Gasteiger partial charge in [0.1, 0.15) is 6.04 Å². The molecule has 386 valence electrons. The zero-order valence-electron chi connectivity index (χ0n) is 36.3. The van der Waals surface area contributed by atoms with Crippen LogP contribution < -0.4 is 14.9 Å². The summed E-state index contributed by atoms with van der Waals surface area (Å²) < 4.78 is 49.2. The molecule has 0 aromatic carbocycles. The van der Waals surface area contributed by atoms with Gasteiger partial charge in [-0.2, -0.15) is 0 Å². The van der Waals surface area contributed by atoms with Crippen molar-refractivity contribution in [3.63, 3.8) is 0 Å². The number of amides is 3. The van der Waals surface area contributed by atoms with E-state index in [-0.39, 0.29) is 101 Å². The Kier molecular flexibility index (Phi) is 27.1. The zero-order valence-corrected chi connectivity index (χ0v) is 37.2. The van der Waals surface area contributed by atoms with Crippen LogP contribution in [0.5, 0.6) is 0 Å². The van der Waals surface area contributed by atoms with Gasteiger partial charge in [0.2, 0.25) is 5.91 Å². The van der Waals surface area contributed by atoms with Crippen LogP contribution in [0, 0.1) is 0 Å². The van der Waals surface area contributed by atoms with E-state index in [9.17, 15) is 79.1 Å². The van der Waals surface area contributed by atoms with E-state index >= 15 is 0 Å². The number of carbonyl (C=O) groups excluding carboxylic acids is 4.